The summed E-state index contributed by atoms with van der Waals surface area (Å²) in [5, 5.41) is 1.81. The first-order valence-corrected chi connectivity index (χ1v) is 8.28. The Morgan fingerprint density at radius 2 is 0.958 bits per heavy atom. The van der Waals surface area contributed by atoms with Crippen LogP contribution >= 0.6 is 0 Å². The van der Waals surface area contributed by atoms with E-state index in [4.69, 9.17) is 9.47 Å². The molecule has 0 saturated carbocycles. The van der Waals surface area contributed by atoms with Gasteiger partial charge < -0.3 is 9.47 Å². The van der Waals surface area contributed by atoms with Gasteiger partial charge in [-0.3, -0.25) is 9.59 Å². The minimum atomic E-state index is -0.266. The highest BCUT2D eigenvalue weighted by atomic mass is 16.5. The van der Waals surface area contributed by atoms with Gasteiger partial charge in [-0.2, -0.15) is 0 Å². The number of hydrogen-bond acceptors (Lipinski definition) is 4. The summed E-state index contributed by atoms with van der Waals surface area (Å²) >= 11 is 0. The van der Waals surface area contributed by atoms with Gasteiger partial charge in [0.1, 0.15) is 11.5 Å². The van der Waals surface area contributed by atoms with Gasteiger partial charge >= 0.3 is 11.9 Å². The maximum Gasteiger partial charge on any atom is 0.318 e. The van der Waals surface area contributed by atoms with Crippen molar-refractivity contribution in [3.05, 3.63) is 33.4 Å². The number of benzene rings is 2. The van der Waals surface area contributed by atoms with E-state index in [1.165, 1.54) is 0 Å². The van der Waals surface area contributed by atoms with Gasteiger partial charge in [-0.25, -0.2) is 0 Å². The molecule has 0 bridgehead atoms. The van der Waals surface area contributed by atoms with E-state index in [0.29, 0.717) is 11.5 Å². The van der Waals surface area contributed by atoms with Gasteiger partial charge in [0.15, 0.2) is 0 Å². The SMILES string of the molecule is Cc1c2c(c3c(C)c(C)c4c(c3c1C)OC(=O)C4C)OC(=O)C2C. The third-order valence-electron chi connectivity index (χ3n) is 5.85. The molecule has 0 aliphatic carbocycles. The topological polar surface area (TPSA) is 52.6 Å². The van der Waals surface area contributed by atoms with E-state index < -0.39 is 0 Å². The summed E-state index contributed by atoms with van der Waals surface area (Å²) < 4.78 is 11.3. The summed E-state index contributed by atoms with van der Waals surface area (Å²) in [5.74, 6) is 0.315. The molecule has 0 saturated heterocycles. The van der Waals surface area contributed by atoms with Crippen molar-refractivity contribution in [2.24, 2.45) is 0 Å². The van der Waals surface area contributed by atoms with E-state index in [1.807, 2.05) is 41.5 Å². The van der Waals surface area contributed by atoms with Crippen LogP contribution in [0.15, 0.2) is 0 Å². The van der Waals surface area contributed by atoms with Gasteiger partial charge in [0.2, 0.25) is 0 Å². The summed E-state index contributed by atoms with van der Waals surface area (Å²) in [4.78, 5) is 24.3. The van der Waals surface area contributed by atoms with Crippen LogP contribution in [0.2, 0.25) is 0 Å². The molecule has 2 heterocycles. The van der Waals surface area contributed by atoms with Gasteiger partial charge in [0.25, 0.3) is 0 Å². The summed E-state index contributed by atoms with van der Waals surface area (Å²) in [6.45, 7) is 11.8. The zero-order valence-electron chi connectivity index (χ0n) is 14.8. The predicted octanol–water partition coefficient (Wildman–Crippen LogP) is 4.12. The zero-order chi connectivity index (χ0) is 17.5. The van der Waals surface area contributed by atoms with Crippen molar-refractivity contribution in [3.63, 3.8) is 0 Å². The van der Waals surface area contributed by atoms with Crippen molar-refractivity contribution in [2.75, 3.05) is 0 Å². The first-order valence-electron chi connectivity index (χ1n) is 8.28. The highest BCUT2D eigenvalue weighted by Gasteiger charge is 2.39. The van der Waals surface area contributed by atoms with Gasteiger partial charge in [-0.15, -0.1) is 0 Å². The van der Waals surface area contributed by atoms with Crippen molar-refractivity contribution in [2.45, 2.75) is 53.4 Å². The molecular formula is C20H20O4. The Hall–Kier alpha value is -2.36. The molecule has 0 fully saturated rings. The third kappa shape index (κ3) is 1.58. The second-order valence-electron chi connectivity index (χ2n) is 7.02. The normalized spacial score (nSPS) is 21.8. The zero-order valence-corrected chi connectivity index (χ0v) is 14.8. The average Bonchev–Trinajstić information content (AvgIpc) is 2.99. The number of ether oxygens (including phenoxy) is 2. The van der Waals surface area contributed by atoms with Gasteiger partial charge in [0, 0.05) is 21.9 Å². The minimum absolute atomic E-state index is 0.220. The summed E-state index contributed by atoms with van der Waals surface area (Å²) in [7, 11) is 0. The average molecular weight is 324 g/mol. The number of hydrogen-bond donors (Lipinski definition) is 0. The van der Waals surface area contributed by atoms with Crippen LogP contribution in [0.1, 0.15) is 59.1 Å². The Bertz CT molecular complexity index is 889. The molecule has 2 aliphatic rings. The molecule has 4 nitrogen and oxygen atoms in total. The first kappa shape index (κ1) is 15.2. The van der Waals surface area contributed by atoms with E-state index >= 15 is 0 Å². The minimum Gasteiger partial charge on any atom is -0.425 e. The van der Waals surface area contributed by atoms with Crippen LogP contribution in [-0.2, 0) is 9.59 Å². The molecule has 0 aromatic heterocycles. The Balaban J connectivity index is 2.25. The van der Waals surface area contributed by atoms with Crippen molar-refractivity contribution in [3.8, 4) is 11.5 Å². The molecule has 0 N–H and O–H groups in total. The number of carbonyl (C=O) groups excluding carboxylic acids is 2. The first-order chi connectivity index (χ1) is 11.3. The number of rotatable bonds is 0. The lowest BCUT2D eigenvalue weighted by Crippen LogP contribution is -2.06. The largest absolute Gasteiger partial charge is 0.425 e. The van der Waals surface area contributed by atoms with E-state index in [2.05, 4.69) is 0 Å². The Labute approximate surface area is 140 Å². The molecule has 2 unspecified atom stereocenters. The molecule has 124 valence electrons. The fourth-order valence-electron chi connectivity index (χ4n) is 4.20. The number of esters is 2. The second kappa shape index (κ2) is 4.59. The number of aryl methyl sites for hydroxylation is 2. The van der Waals surface area contributed by atoms with Crippen molar-refractivity contribution in [1.29, 1.82) is 0 Å². The Morgan fingerprint density at radius 3 is 1.29 bits per heavy atom. The van der Waals surface area contributed by atoms with Gasteiger partial charge in [-0.1, -0.05) is 0 Å². The lowest BCUT2D eigenvalue weighted by atomic mass is 9.84. The van der Waals surface area contributed by atoms with Gasteiger partial charge in [-0.05, 0) is 63.8 Å². The highest BCUT2D eigenvalue weighted by molar-refractivity contribution is 6.08. The number of fused-ring (bicyclic) bond motifs is 5. The molecule has 2 aromatic rings. The summed E-state index contributed by atoms with van der Waals surface area (Å²) in [6.07, 6.45) is 0. The second-order valence-corrected chi connectivity index (χ2v) is 7.02. The Kier molecular flexibility index (Phi) is 2.91. The van der Waals surface area contributed by atoms with Crippen LogP contribution in [0.5, 0.6) is 11.5 Å². The Morgan fingerprint density at radius 1 is 0.625 bits per heavy atom. The maximum atomic E-state index is 12.2. The van der Waals surface area contributed by atoms with Crippen LogP contribution < -0.4 is 9.47 Å². The quantitative estimate of drug-likeness (QED) is 0.540. The lowest BCUT2D eigenvalue weighted by molar-refractivity contribution is -0.134. The lowest BCUT2D eigenvalue weighted by Gasteiger charge is -2.19. The molecule has 2 aromatic carbocycles. The molecule has 2 atom stereocenters. The van der Waals surface area contributed by atoms with Crippen LogP contribution in [-0.4, -0.2) is 11.9 Å². The van der Waals surface area contributed by atoms with Crippen molar-refractivity contribution >= 4 is 22.7 Å². The molecule has 24 heavy (non-hydrogen) atoms. The van der Waals surface area contributed by atoms with E-state index in [9.17, 15) is 9.59 Å². The maximum absolute atomic E-state index is 12.2. The molecule has 2 aliphatic heterocycles. The van der Waals surface area contributed by atoms with Crippen molar-refractivity contribution in [1.82, 2.24) is 0 Å². The van der Waals surface area contributed by atoms with Gasteiger partial charge in [0.05, 0.1) is 11.8 Å². The predicted molar refractivity (Wildman–Crippen MR) is 91.0 cm³/mol. The molecule has 4 heteroatoms. The number of carbonyl (C=O) groups is 2. The third-order valence-corrected chi connectivity index (χ3v) is 5.85. The van der Waals surface area contributed by atoms with E-state index in [0.717, 1.165) is 44.2 Å². The summed E-state index contributed by atoms with van der Waals surface area (Å²) in [6, 6.07) is 0. The summed E-state index contributed by atoms with van der Waals surface area (Å²) in [5.41, 5.74) is 6.11. The van der Waals surface area contributed by atoms with Crippen LogP contribution in [0, 0.1) is 27.7 Å². The van der Waals surface area contributed by atoms with Crippen LogP contribution in [0.25, 0.3) is 10.8 Å². The molecule has 4 rings (SSSR count). The standard InChI is InChI=1S/C20H20O4/c1-7-9(3)15-16(17-13(7)11(5)19(21)23-17)10(4)8(2)14-12(6)20(22)24-18(14)15/h11-12H,1-6H3. The smallest absolute Gasteiger partial charge is 0.318 e. The fraction of sp³-hybridized carbons (Fsp3) is 0.400. The highest BCUT2D eigenvalue weighted by Crippen LogP contribution is 2.52. The molecule has 0 radical (unpaired) electrons. The van der Waals surface area contributed by atoms with Crippen LogP contribution in [0.3, 0.4) is 0 Å². The molecule has 0 amide bonds. The van der Waals surface area contributed by atoms with Crippen LogP contribution in [0.4, 0.5) is 0 Å². The fourth-order valence-corrected chi connectivity index (χ4v) is 4.20. The monoisotopic (exact) mass is 324 g/mol. The molecule has 0 spiro atoms. The van der Waals surface area contributed by atoms with Crippen molar-refractivity contribution < 1.29 is 19.1 Å². The molecular weight excluding hydrogens is 304 g/mol. The van der Waals surface area contributed by atoms with E-state index in [-0.39, 0.29) is 23.8 Å². The van der Waals surface area contributed by atoms with E-state index in [1.54, 1.807) is 0 Å².